The lowest BCUT2D eigenvalue weighted by atomic mass is 10.1. The average Bonchev–Trinajstić information content (AvgIpc) is 3.25. The normalized spacial score (nSPS) is 12.7. The van der Waals surface area contributed by atoms with E-state index in [9.17, 15) is 4.79 Å². The zero-order valence-corrected chi connectivity index (χ0v) is 16.9. The van der Waals surface area contributed by atoms with Crippen molar-refractivity contribution in [1.29, 1.82) is 0 Å². The van der Waals surface area contributed by atoms with E-state index >= 15 is 0 Å². The Hall–Kier alpha value is -3.74. The molecule has 1 aliphatic rings. The first-order chi connectivity index (χ1) is 14.6. The van der Waals surface area contributed by atoms with Gasteiger partial charge in [-0.25, -0.2) is 4.68 Å². The number of rotatable bonds is 6. The number of carbonyl (C=O) groups is 1. The minimum atomic E-state index is -0.115. The van der Waals surface area contributed by atoms with Gasteiger partial charge in [-0.15, -0.1) is 0 Å². The molecule has 2 aromatic carbocycles. The second kappa shape index (κ2) is 8.73. The molecule has 1 aromatic heterocycles. The zero-order chi connectivity index (χ0) is 20.9. The fraction of sp³-hybridized carbons (Fsp3) is 0.217. The maximum Gasteiger partial charge on any atom is 0.246 e. The lowest BCUT2D eigenvalue weighted by Crippen LogP contribution is -2.23. The van der Waals surface area contributed by atoms with Crippen molar-refractivity contribution in [1.82, 2.24) is 14.7 Å². The maximum absolute atomic E-state index is 12.6. The lowest BCUT2D eigenvalue weighted by Gasteiger charge is -2.21. The molecule has 0 saturated carbocycles. The topological polar surface area (TPSA) is 65.8 Å². The average molecular weight is 405 g/mol. The van der Waals surface area contributed by atoms with Crippen LogP contribution in [0.2, 0.25) is 0 Å². The molecule has 0 fully saturated rings. The fourth-order valence-electron chi connectivity index (χ4n) is 3.20. The number of hydrogen-bond acceptors (Lipinski definition) is 5. The van der Waals surface area contributed by atoms with Gasteiger partial charge < -0.3 is 19.1 Å². The number of ether oxygens (including phenoxy) is 3. The zero-order valence-electron chi connectivity index (χ0n) is 16.9. The van der Waals surface area contributed by atoms with Crippen LogP contribution in [-0.4, -0.2) is 48.0 Å². The van der Waals surface area contributed by atoms with Gasteiger partial charge in [0.25, 0.3) is 0 Å². The van der Waals surface area contributed by atoms with Crippen LogP contribution in [0.3, 0.4) is 0 Å². The number of methoxy groups -OCH3 is 1. The summed E-state index contributed by atoms with van der Waals surface area (Å²) in [6.07, 6.45) is 6.97. The molecule has 0 saturated heterocycles. The van der Waals surface area contributed by atoms with Crippen molar-refractivity contribution in [2.45, 2.75) is 6.54 Å². The summed E-state index contributed by atoms with van der Waals surface area (Å²) in [6, 6.07) is 13.5. The number of amides is 1. The molecular formula is C23H23N3O4. The second-order valence-corrected chi connectivity index (χ2v) is 6.90. The van der Waals surface area contributed by atoms with Crippen molar-refractivity contribution in [2.24, 2.45) is 0 Å². The highest BCUT2D eigenvalue weighted by Crippen LogP contribution is 2.40. The molecule has 4 rings (SSSR count). The van der Waals surface area contributed by atoms with E-state index < -0.39 is 0 Å². The Morgan fingerprint density at radius 3 is 2.83 bits per heavy atom. The molecule has 1 aliphatic heterocycles. The third-order valence-electron chi connectivity index (χ3n) is 4.72. The van der Waals surface area contributed by atoms with Crippen molar-refractivity contribution in [3.63, 3.8) is 0 Å². The van der Waals surface area contributed by atoms with Crippen LogP contribution in [0.1, 0.15) is 11.1 Å². The van der Waals surface area contributed by atoms with Gasteiger partial charge in [0.2, 0.25) is 11.7 Å². The molecule has 0 radical (unpaired) electrons. The van der Waals surface area contributed by atoms with Gasteiger partial charge in [-0.3, -0.25) is 4.79 Å². The quantitative estimate of drug-likeness (QED) is 0.589. The van der Waals surface area contributed by atoms with Gasteiger partial charge in [-0.05, 0) is 35.9 Å². The van der Waals surface area contributed by atoms with E-state index in [1.54, 1.807) is 36.0 Å². The first kappa shape index (κ1) is 19.6. The Bertz CT molecular complexity index is 1040. The number of carbonyl (C=O) groups excluding carboxylic acids is 1. The van der Waals surface area contributed by atoms with Crippen LogP contribution in [0, 0.1) is 0 Å². The first-order valence-corrected chi connectivity index (χ1v) is 9.64. The molecular weight excluding hydrogens is 382 g/mol. The summed E-state index contributed by atoms with van der Waals surface area (Å²) in [5.41, 5.74) is 2.73. The van der Waals surface area contributed by atoms with E-state index in [0.717, 1.165) is 16.8 Å². The molecule has 7 heteroatoms. The number of hydrogen-bond donors (Lipinski definition) is 0. The predicted molar refractivity (Wildman–Crippen MR) is 113 cm³/mol. The molecule has 0 spiro atoms. The van der Waals surface area contributed by atoms with Crippen LogP contribution in [0.5, 0.6) is 17.2 Å². The largest absolute Gasteiger partial charge is 0.493 e. The SMILES string of the molecule is COc1cc(/C=C/C(=O)N(C)Cc2cnn(-c3ccccc3)c2)cc2c1OCCO2. The van der Waals surface area contributed by atoms with Gasteiger partial charge in [0.1, 0.15) is 13.2 Å². The van der Waals surface area contributed by atoms with Crippen molar-refractivity contribution in [3.05, 3.63) is 72.1 Å². The van der Waals surface area contributed by atoms with Crippen molar-refractivity contribution in [2.75, 3.05) is 27.4 Å². The summed E-state index contributed by atoms with van der Waals surface area (Å²) in [7, 11) is 3.34. The Morgan fingerprint density at radius 1 is 1.23 bits per heavy atom. The second-order valence-electron chi connectivity index (χ2n) is 6.90. The fourth-order valence-corrected chi connectivity index (χ4v) is 3.20. The summed E-state index contributed by atoms with van der Waals surface area (Å²) >= 11 is 0. The van der Waals surface area contributed by atoms with Crippen LogP contribution >= 0.6 is 0 Å². The smallest absolute Gasteiger partial charge is 0.246 e. The van der Waals surface area contributed by atoms with E-state index in [-0.39, 0.29) is 5.91 Å². The Labute approximate surface area is 175 Å². The summed E-state index contributed by atoms with van der Waals surface area (Å²) in [5.74, 6) is 1.69. The summed E-state index contributed by atoms with van der Waals surface area (Å²) in [4.78, 5) is 14.2. The number of likely N-dealkylation sites (N-methyl/N-ethyl adjacent to an activating group) is 1. The molecule has 3 aromatic rings. The molecule has 1 amide bonds. The molecule has 0 unspecified atom stereocenters. The summed E-state index contributed by atoms with van der Waals surface area (Å²) in [6.45, 7) is 1.44. The number of fused-ring (bicyclic) bond motifs is 1. The van der Waals surface area contributed by atoms with E-state index in [1.165, 1.54) is 6.08 Å². The van der Waals surface area contributed by atoms with Crippen LogP contribution in [-0.2, 0) is 11.3 Å². The van der Waals surface area contributed by atoms with E-state index in [0.29, 0.717) is 37.0 Å². The third kappa shape index (κ3) is 4.30. The Morgan fingerprint density at radius 2 is 2.03 bits per heavy atom. The summed E-state index contributed by atoms with van der Waals surface area (Å²) in [5, 5.41) is 4.37. The third-order valence-corrected chi connectivity index (χ3v) is 4.72. The van der Waals surface area contributed by atoms with Gasteiger partial charge >= 0.3 is 0 Å². The van der Waals surface area contributed by atoms with Crippen LogP contribution < -0.4 is 14.2 Å². The van der Waals surface area contributed by atoms with Crippen molar-refractivity contribution in [3.8, 4) is 22.9 Å². The van der Waals surface area contributed by atoms with Crippen molar-refractivity contribution < 1.29 is 19.0 Å². The van der Waals surface area contributed by atoms with Crippen LogP contribution in [0.25, 0.3) is 11.8 Å². The van der Waals surface area contributed by atoms with Crippen LogP contribution in [0.4, 0.5) is 0 Å². The molecule has 7 nitrogen and oxygen atoms in total. The molecule has 154 valence electrons. The van der Waals surface area contributed by atoms with E-state index in [2.05, 4.69) is 5.10 Å². The number of para-hydroxylation sites is 1. The molecule has 0 N–H and O–H groups in total. The highest BCUT2D eigenvalue weighted by molar-refractivity contribution is 5.91. The van der Waals surface area contributed by atoms with Gasteiger partial charge in [-0.1, -0.05) is 18.2 Å². The summed E-state index contributed by atoms with van der Waals surface area (Å²) < 4.78 is 18.4. The Kier molecular flexibility index (Phi) is 5.70. The standard InChI is InChI=1S/C23H23N3O4/c1-25(15-18-14-24-26(16-18)19-6-4-3-5-7-19)22(27)9-8-17-12-20(28-2)23-21(13-17)29-10-11-30-23/h3-9,12-14,16H,10-11,15H2,1-2H3/b9-8+. The number of benzene rings is 2. The predicted octanol–water partition coefficient (Wildman–Crippen LogP) is 3.32. The van der Waals surface area contributed by atoms with E-state index in [1.807, 2.05) is 48.7 Å². The van der Waals surface area contributed by atoms with Gasteiger partial charge in [-0.2, -0.15) is 5.10 Å². The van der Waals surface area contributed by atoms with Crippen molar-refractivity contribution >= 4 is 12.0 Å². The molecule has 0 aliphatic carbocycles. The Balaban J connectivity index is 1.43. The van der Waals surface area contributed by atoms with E-state index in [4.69, 9.17) is 14.2 Å². The van der Waals surface area contributed by atoms with Gasteiger partial charge in [0.05, 0.1) is 19.0 Å². The minimum Gasteiger partial charge on any atom is -0.493 e. The number of aromatic nitrogens is 2. The first-order valence-electron chi connectivity index (χ1n) is 9.64. The van der Waals surface area contributed by atoms with Crippen LogP contribution in [0.15, 0.2) is 60.9 Å². The van der Waals surface area contributed by atoms with Gasteiger partial charge in [0.15, 0.2) is 11.5 Å². The molecule has 30 heavy (non-hydrogen) atoms. The molecule has 2 heterocycles. The lowest BCUT2D eigenvalue weighted by molar-refractivity contribution is -0.125. The minimum absolute atomic E-state index is 0.115. The molecule has 0 atom stereocenters. The highest BCUT2D eigenvalue weighted by atomic mass is 16.6. The van der Waals surface area contributed by atoms with Gasteiger partial charge in [0, 0.05) is 31.4 Å². The highest BCUT2D eigenvalue weighted by Gasteiger charge is 2.18. The maximum atomic E-state index is 12.6. The monoisotopic (exact) mass is 405 g/mol. The number of nitrogens with zero attached hydrogens (tertiary/aromatic N) is 3. The molecule has 0 bridgehead atoms.